The number of carbonyl (C=O) groups is 1. The second kappa shape index (κ2) is 11.1. The number of aromatic nitrogens is 3. The van der Waals surface area contributed by atoms with Gasteiger partial charge in [-0.05, 0) is 49.2 Å². The van der Waals surface area contributed by atoms with Crippen LogP contribution in [0, 0.1) is 6.92 Å². The Morgan fingerprint density at radius 3 is 2.55 bits per heavy atom. The molecule has 194 valence electrons. The van der Waals surface area contributed by atoms with E-state index in [0.29, 0.717) is 52.6 Å². The number of oxazole rings is 1. The van der Waals surface area contributed by atoms with Crippen LogP contribution in [-0.2, 0) is 19.8 Å². The highest BCUT2D eigenvalue weighted by atomic mass is 16.5. The number of benzene rings is 2. The SMILES string of the molecule is COc1cc(COc2nn(Cc3ccccc3)cc2C(C)=O)ccc1OCc1nc(-c2ccco2)oc1C. The zero-order chi connectivity index (χ0) is 26.5. The summed E-state index contributed by atoms with van der Waals surface area (Å²) in [6.07, 6.45) is 3.28. The number of nitrogens with zero attached hydrogens (tertiary/aromatic N) is 3. The highest BCUT2D eigenvalue weighted by Gasteiger charge is 2.17. The Morgan fingerprint density at radius 1 is 0.974 bits per heavy atom. The summed E-state index contributed by atoms with van der Waals surface area (Å²) in [6, 6.07) is 19.0. The molecule has 2 aromatic carbocycles. The molecule has 0 saturated heterocycles. The van der Waals surface area contributed by atoms with Crippen molar-refractivity contribution >= 4 is 5.78 Å². The van der Waals surface area contributed by atoms with E-state index in [1.807, 2.05) is 49.4 Å². The number of carbonyl (C=O) groups excluding carboxylic acids is 1. The Morgan fingerprint density at radius 2 is 1.82 bits per heavy atom. The number of furan rings is 1. The van der Waals surface area contributed by atoms with Gasteiger partial charge in [0.25, 0.3) is 5.89 Å². The number of ether oxygens (including phenoxy) is 3. The van der Waals surface area contributed by atoms with Gasteiger partial charge in [0.2, 0.25) is 5.88 Å². The van der Waals surface area contributed by atoms with Crippen molar-refractivity contribution in [2.24, 2.45) is 0 Å². The van der Waals surface area contributed by atoms with Crippen molar-refractivity contribution in [2.75, 3.05) is 7.11 Å². The standard InChI is InChI=1S/C29H27N3O6/c1-19(33)23-16-32(15-21-8-5-4-6-9-21)31-28(23)37-17-22-11-12-25(27(14-22)34-3)36-18-24-20(2)38-29(30-24)26-10-7-13-35-26/h4-14,16H,15,17-18H2,1-3H3. The zero-order valence-electron chi connectivity index (χ0n) is 21.3. The summed E-state index contributed by atoms with van der Waals surface area (Å²) in [6.45, 7) is 4.27. The molecule has 0 fully saturated rings. The molecule has 0 unspecified atom stereocenters. The highest BCUT2D eigenvalue weighted by Crippen LogP contribution is 2.30. The fraction of sp³-hybridized carbons (Fsp3) is 0.207. The Kier molecular flexibility index (Phi) is 7.26. The molecular formula is C29H27N3O6. The van der Waals surface area contributed by atoms with E-state index < -0.39 is 0 Å². The van der Waals surface area contributed by atoms with Gasteiger partial charge in [0.15, 0.2) is 23.0 Å². The van der Waals surface area contributed by atoms with Crippen LogP contribution in [-0.4, -0.2) is 27.7 Å². The van der Waals surface area contributed by atoms with E-state index in [1.54, 1.807) is 42.5 Å². The van der Waals surface area contributed by atoms with Gasteiger partial charge in [-0.1, -0.05) is 36.4 Å². The lowest BCUT2D eigenvalue weighted by Gasteiger charge is -2.12. The minimum Gasteiger partial charge on any atom is -0.493 e. The smallest absolute Gasteiger partial charge is 0.263 e. The van der Waals surface area contributed by atoms with Crippen molar-refractivity contribution in [3.8, 4) is 29.0 Å². The van der Waals surface area contributed by atoms with Gasteiger partial charge in [-0.15, -0.1) is 5.10 Å². The number of Topliss-reactive ketones (excluding diaryl/α,β-unsaturated/α-hetero) is 1. The molecule has 0 amide bonds. The monoisotopic (exact) mass is 513 g/mol. The maximum Gasteiger partial charge on any atom is 0.263 e. The second-order valence-corrected chi connectivity index (χ2v) is 8.65. The fourth-order valence-electron chi connectivity index (χ4n) is 3.89. The van der Waals surface area contributed by atoms with Crippen LogP contribution in [0.3, 0.4) is 0 Å². The Bertz CT molecular complexity index is 1520. The minimum absolute atomic E-state index is 0.112. The molecule has 5 aromatic rings. The van der Waals surface area contributed by atoms with Crippen LogP contribution >= 0.6 is 0 Å². The molecule has 3 aromatic heterocycles. The van der Waals surface area contributed by atoms with Crippen molar-refractivity contribution in [3.05, 3.63) is 101 Å². The van der Waals surface area contributed by atoms with E-state index in [4.69, 9.17) is 23.0 Å². The molecule has 0 aliphatic rings. The summed E-state index contributed by atoms with van der Waals surface area (Å²) in [5.74, 6) is 2.88. The van der Waals surface area contributed by atoms with Crippen LogP contribution in [0.15, 0.2) is 82.0 Å². The summed E-state index contributed by atoms with van der Waals surface area (Å²) in [4.78, 5) is 16.7. The lowest BCUT2D eigenvalue weighted by Crippen LogP contribution is -2.03. The second-order valence-electron chi connectivity index (χ2n) is 8.65. The molecule has 0 atom stereocenters. The average molecular weight is 514 g/mol. The Balaban J connectivity index is 1.25. The van der Waals surface area contributed by atoms with Crippen molar-refractivity contribution < 1.29 is 27.8 Å². The molecule has 0 saturated carbocycles. The number of rotatable bonds is 11. The van der Waals surface area contributed by atoms with Crippen LogP contribution in [0.4, 0.5) is 0 Å². The number of aryl methyl sites for hydroxylation is 1. The first-order valence-corrected chi connectivity index (χ1v) is 12.0. The first kappa shape index (κ1) is 24.9. The Labute approximate surface area is 219 Å². The maximum absolute atomic E-state index is 12.2. The van der Waals surface area contributed by atoms with Gasteiger partial charge in [0.05, 0.1) is 25.5 Å². The van der Waals surface area contributed by atoms with Gasteiger partial charge >= 0.3 is 0 Å². The zero-order valence-corrected chi connectivity index (χ0v) is 21.3. The van der Waals surface area contributed by atoms with Crippen molar-refractivity contribution in [1.82, 2.24) is 14.8 Å². The topological polar surface area (TPSA) is 102 Å². The van der Waals surface area contributed by atoms with E-state index >= 15 is 0 Å². The van der Waals surface area contributed by atoms with Crippen LogP contribution in [0.2, 0.25) is 0 Å². The number of ketones is 1. The molecule has 0 aliphatic heterocycles. The van der Waals surface area contributed by atoms with Crippen LogP contribution in [0.25, 0.3) is 11.7 Å². The molecule has 38 heavy (non-hydrogen) atoms. The van der Waals surface area contributed by atoms with Crippen molar-refractivity contribution in [2.45, 2.75) is 33.6 Å². The molecule has 9 nitrogen and oxygen atoms in total. The van der Waals surface area contributed by atoms with E-state index in [2.05, 4.69) is 10.1 Å². The normalized spacial score (nSPS) is 10.9. The van der Waals surface area contributed by atoms with Gasteiger partial charge in [-0.2, -0.15) is 0 Å². The third-order valence-corrected chi connectivity index (χ3v) is 5.89. The molecule has 3 heterocycles. The summed E-state index contributed by atoms with van der Waals surface area (Å²) < 4.78 is 30.2. The van der Waals surface area contributed by atoms with Gasteiger partial charge in [-0.3, -0.25) is 9.48 Å². The predicted molar refractivity (Wildman–Crippen MR) is 138 cm³/mol. The summed E-state index contributed by atoms with van der Waals surface area (Å²) in [5.41, 5.74) is 3.01. The molecule has 9 heteroatoms. The summed E-state index contributed by atoms with van der Waals surface area (Å²) >= 11 is 0. The van der Waals surface area contributed by atoms with Gasteiger partial charge in [0, 0.05) is 6.20 Å². The molecule has 0 bridgehead atoms. The fourth-order valence-corrected chi connectivity index (χ4v) is 3.89. The average Bonchev–Trinajstić information content (AvgIpc) is 3.67. The first-order chi connectivity index (χ1) is 18.5. The van der Waals surface area contributed by atoms with Gasteiger partial charge in [0.1, 0.15) is 24.7 Å². The summed E-state index contributed by atoms with van der Waals surface area (Å²) in [7, 11) is 1.57. The Hall–Kier alpha value is -4.79. The maximum atomic E-state index is 12.2. The van der Waals surface area contributed by atoms with Crippen LogP contribution < -0.4 is 14.2 Å². The van der Waals surface area contributed by atoms with E-state index in [0.717, 1.165) is 11.1 Å². The van der Waals surface area contributed by atoms with Gasteiger partial charge < -0.3 is 23.0 Å². The first-order valence-electron chi connectivity index (χ1n) is 12.0. The molecule has 0 radical (unpaired) electrons. The third-order valence-electron chi connectivity index (χ3n) is 5.89. The van der Waals surface area contributed by atoms with Crippen LogP contribution in [0.5, 0.6) is 17.4 Å². The minimum atomic E-state index is -0.112. The molecule has 0 N–H and O–H groups in total. The van der Waals surface area contributed by atoms with Crippen LogP contribution in [0.1, 0.15) is 39.9 Å². The number of hydrogen-bond acceptors (Lipinski definition) is 8. The lowest BCUT2D eigenvalue weighted by molar-refractivity contribution is 0.101. The highest BCUT2D eigenvalue weighted by molar-refractivity contribution is 5.96. The van der Waals surface area contributed by atoms with Crippen molar-refractivity contribution in [1.29, 1.82) is 0 Å². The molecule has 0 aliphatic carbocycles. The number of methoxy groups -OCH3 is 1. The summed E-state index contributed by atoms with van der Waals surface area (Å²) in [5, 5.41) is 4.49. The van der Waals surface area contributed by atoms with Crippen molar-refractivity contribution in [3.63, 3.8) is 0 Å². The quantitative estimate of drug-likeness (QED) is 0.203. The lowest BCUT2D eigenvalue weighted by atomic mass is 10.2. The third kappa shape index (κ3) is 5.62. The largest absolute Gasteiger partial charge is 0.493 e. The van der Waals surface area contributed by atoms with Gasteiger partial charge in [-0.25, -0.2) is 4.98 Å². The number of hydrogen-bond donors (Lipinski definition) is 0. The molecular weight excluding hydrogens is 486 g/mol. The van der Waals surface area contributed by atoms with E-state index in [1.165, 1.54) is 6.92 Å². The molecule has 5 rings (SSSR count). The van der Waals surface area contributed by atoms with E-state index in [9.17, 15) is 4.79 Å². The predicted octanol–water partition coefficient (Wildman–Crippen LogP) is 5.86. The molecule has 0 spiro atoms. The van der Waals surface area contributed by atoms with E-state index in [-0.39, 0.29) is 19.0 Å².